The summed E-state index contributed by atoms with van der Waals surface area (Å²) in [5.74, 6) is 0.415. The molecule has 2 fully saturated rings. The number of ketones is 1. The van der Waals surface area contributed by atoms with E-state index in [2.05, 4.69) is 4.90 Å². The van der Waals surface area contributed by atoms with Gasteiger partial charge in [-0.15, -0.1) is 0 Å². The molecule has 2 nitrogen and oxygen atoms in total. The van der Waals surface area contributed by atoms with E-state index in [1.165, 1.54) is 32.4 Å². The maximum absolute atomic E-state index is 11.4. The monoisotopic (exact) mass is 181 g/mol. The van der Waals surface area contributed by atoms with Crippen molar-refractivity contribution in [3.05, 3.63) is 0 Å². The SMILES string of the molecule is CC(=O)C1(CN2CCCCC2)CC1. The molecule has 0 aromatic heterocycles. The third-order valence-electron chi connectivity index (χ3n) is 3.58. The van der Waals surface area contributed by atoms with Gasteiger partial charge in [0.05, 0.1) is 0 Å². The smallest absolute Gasteiger partial charge is 0.137 e. The zero-order valence-corrected chi connectivity index (χ0v) is 8.51. The van der Waals surface area contributed by atoms with Gasteiger partial charge in [-0.1, -0.05) is 6.42 Å². The highest BCUT2D eigenvalue weighted by atomic mass is 16.1. The second-order valence-corrected chi connectivity index (χ2v) is 4.67. The lowest BCUT2D eigenvalue weighted by molar-refractivity contribution is -0.122. The third-order valence-corrected chi connectivity index (χ3v) is 3.58. The maximum atomic E-state index is 11.4. The van der Waals surface area contributed by atoms with Gasteiger partial charge in [0, 0.05) is 12.0 Å². The van der Waals surface area contributed by atoms with Crippen molar-refractivity contribution in [1.82, 2.24) is 4.90 Å². The van der Waals surface area contributed by atoms with Crippen LogP contribution in [0.3, 0.4) is 0 Å². The van der Waals surface area contributed by atoms with E-state index in [1.807, 2.05) is 0 Å². The first-order valence-corrected chi connectivity index (χ1v) is 5.46. The first-order chi connectivity index (χ1) is 6.23. The minimum absolute atomic E-state index is 0.0946. The summed E-state index contributed by atoms with van der Waals surface area (Å²) in [6.45, 7) is 5.24. The molecular formula is C11H19NO. The van der Waals surface area contributed by atoms with Gasteiger partial charge in [0.1, 0.15) is 5.78 Å². The van der Waals surface area contributed by atoms with Crippen LogP contribution in [0, 0.1) is 5.41 Å². The van der Waals surface area contributed by atoms with E-state index in [4.69, 9.17) is 0 Å². The van der Waals surface area contributed by atoms with Crippen molar-refractivity contribution in [2.24, 2.45) is 5.41 Å². The number of likely N-dealkylation sites (tertiary alicyclic amines) is 1. The molecule has 2 heteroatoms. The van der Waals surface area contributed by atoms with Crippen molar-refractivity contribution in [3.63, 3.8) is 0 Å². The Balaban J connectivity index is 1.86. The standard InChI is InChI=1S/C11H19NO/c1-10(13)11(5-6-11)9-12-7-3-2-4-8-12/h2-9H2,1H3. The summed E-state index contributed by atoms with van der Waals surface area (Å²) >= 11 is 0. The van der Waals surface area contributed by atoms with Gasteiger partial charge >= 0.3 is 0 Å². The fraction of sp³-hybridized carbons (Fsp3) is 0.909. The van der Waals surface area contributed by atoms with Crippen molar-refractivity contribution >= 4 is 5.78 Å². The van der Waals surface area contributed by atoms with Crippen LogP contribution in [0.1, 0.15) is 39.0 Å². The van der Waals surface area contributed by atoms with Crippen LogP contribution < -0.4 is 0 Å². The summed E-state index contributed by atoms with van der Waals surface area (Å²) in [4.78, 5) is 13.9. The lowest BCUT2D eigenvalue weighted by atomic mass is 10.00. The molecule has 0 aromatic rings. The molecule has 1 aliphatic carbocycles. The third kappa shape index (κ3) is 1.93. The van der Waals surface area contributed by atoms with Crippen LogP contribution in [0.5, 0.6) is 0 Å². The molecule has 1 heterocycles. The molecule has 0 spiro atoms. The predicted molar refractivity (Wildman–Crippen MR) is 52.6 cm³/mol. The molecule has 0 unspecified atom stereocenters. The molecule has 13 heavy (non-hydrogen) atoms. The molecule has 1 saturated heterocycles. The van der Waals surface area contributed by atoms with Gasteiger partial charge in [-0.2, -0.15) is 0 Å². The number of carbonyl (C=O) groups is 1. The van der Waals surface area contributed by atoms with Gasteiger partial charge in [-0.05, 0) is 45.7 Å². The van der Waals surface area contributed by atoms with E-state index in [-0.39, 0.29) is 5.41 Å². The Morgan fingerprint density at radius 1 is 1.23 bits per heavy atom. The second-order valence-electron chi connectivity index (χ2n) is 4.67. The van der Waals surface area contributed by atoms with Gasteiger partial charge < -0.3 is 4.90 Å². The summed E-state index contributed by atoms with van der Waals surface area (Å²) in [6, 6.07) is 0. The van der Waals surface area contributed by atoms with Crippen LogP contribution in [-0.2, 0) is 4.79 Å². The molecule has 0 amide bonds. The number of nitrogens with zero attached hydrogens (tertiary/aromatic N) is 1. The van der Waals surface area contributed by atoms with E-state index in [0.29, 0.717) is 5.78 Å². The Morgan fingerprint density at radius 2 is 1.85 bits per heavy atom. The molecule has 0 aromatic carbocycles. The first-order valence-electron chi connectivity index (χ1n) is 5.46. The van der Waals surface area contributed by atoms with Crippen molar-refractivity contribution < 1.29 is 4.79 Å². The Bertz CT molecular complexity index is 202. The number of carbonyl (C=O) groups excluding carboxylic acids is 1. The largest absolute Gasteiger partial charge is 0.302 e. The fourth-order valence-electron chi connectivity index (χ4n) is 2.32. The van der Waals surface area contributed by atoms with Crippen LogP contribution in [0.25, 0.3) is 0 Å². The summed E-state index contributed by atoms with van der Waals surface area (Å²) in [5, 5.41) is 0. The molecule has 0 atom stereocenters. The first kappa shape index (κ1) is 9.20. The Kier molecular flexibility index (Phi) is 2.41. The van der Waals surface area contributed by atoms with Crippen LogP contribution in [-0.4, -0.2) is 30.3 Å². The molecule has 0 N–H and O–H groups in total. The number of piperidine rings is 1. The fourth-order valence-corrected chi connectivity index (χ4v) is 2.32. The van der Waals surface area contributed by atoms with Gasteiger partial charge in [0.2, 0.25) is 0 Å². The van der Waals surface area contributed by atoms with Crippen LogP contribution in [0.15, 0.2) is 0 Å². The summed E-state index contributed by atoms with van der Waals surface area (Å²) in [6.07, 6.45) is 6.31. The highest BCUT2D eigenvalue weighted by Crippen LogP contribution is 2.47. The maximum Gasteiger partial charge on any atom is 0.137 e. The molecule has 2 aliphatic rings. The van der Waals surface area contributed by atoms with Crippen molar-refractivity contribution in [2.75, 3.05) is 19.6 Å². The van der Waals surface area contributed by atoms with Crippen molar-refractivity contribution in [3.8, 4) is 0 Å². The van der Waals surface area contributed by atoms with E-state index < -0.39 is 0 Å². The van der Waals surface area contributed by atoms with E-state index in [0.717, 1.165) is 19.4 Å². The molecule has 2 rings (SSSR count). The van der Waals surface area contributed by atoms with Crippen LogP contribution in [0.2, 0.25) is 0 Å². The number of hydrogen-bond donors (Lipinski definition) is 0. The zero-order valence-electron chi connectivity index (χ0n) is 8.51. The van der Waals surface area contributed by atoms with Crippen molar-refractivity contribution in [2.45, 2.75) is 39.0 Å². The van der Waals surface area contributed by atoms with Crippen molar-refractivity contribution in [1.29, 1.82) is 0 Å². The zero-order chi connectivity index (χ0) is 9.31. The van der Waals surface area contributed by atoms with E-state index in [1.54, 1.807) is 6.92 Å². The highest BCUT2D eigenvalue weighted by molar-refractivity contribution is 5.85. The minimum atomic E-state index is 0.0946. The summed E-state index contributed by atoms with van der Waals surface area (Å²) in [5.41, 5.74) is 0.0946. The lowest BCUT2D eigenvalue weighted by Crippen LogP contribution is -2.37. The van der Waals surface area contributed by atoms with Gasteiger partial charge in [0.15, 0.2) is 0 Å². The van der Waals surface area contributed by atoms with Gasteiger partial charge in [-0.25, -0.2) is 0 Å². The van der Waals surface area contributed by atoms with E-state index in [9.17, 15) is 4.79 Å². The summed E-state index contributed by atoms with van der Waals surface area (Å²) in [7, 11) is 0. The Labute approximate surface area is 80.3 Å². The number of rotatable bonds is 3. The molecule has 0 radical (unpaired) electrons. The average molecular weight is 181 g/mol. The molecule has 0 bridgehead atoms. The van der Waals surface area contributed by atoms with Gasteiger partial charge in [0.25, 0.3) is 0 Å². The topological polar surface area (TPSA) is 20.3 Å². The number of Topliss-reactive ketones (excluding diaryl/α,β-unsaturated/α-hetero) is 1. The molecule has 1 saturated carbocycles. The molecule has 1 aliphatic heterocycles. The molecular weight excluding hydrogens is 162 g/mol. The molecule has 74 valence electrons. The predicted octanol–water partition coefficient (Wildman–Crippen LogP) is 1.84. The quantitative estimate of drug-likeness (QED) is 0.662. The van der Waals surface area contributed by atoms with Crippen LogP contribution in [0.4, 0.5) is 0 Å². The summed E-state index contributed by atoms with van der Waals surface area (Å²) < 4.78 is 0. The number of hydrogen-bond acceptors (Lipinski definition) is 2. The lowest BCUT2D eigenvalue weighted by Gasteiger charge is -2.29. The van der Waals surface area contributed by atoms with Crippen LogP contribution >= 0.6 is 0 Å². The second kappa shape index (κ2) is 3.41. The normalized spacial score (nSPS) is 27.2. The minimum Gasteiger partial charge on any atom is -0.302 e. The van der Waals surface area contributed by atoms with Gasteiger partial charge in [-0.3, -0.25) is 4.79 Å². The van der Waals surface area contributed by atoms with E-state index >= 15 is 0 Å². The average Bonchev–Trinajstić information content (AvgIpc) is 2.87. The Morgan fingerprint density at radius 3 is 2.31 bits per heavy atom. The Hall–Kier alpha value is -0.370. The highest BCUT2D eigenvalue weighted by Gasteiger charge is 2.48.